The molecule has 3 fully saturated rings. The van der Waals surface area contributed by atoms with Crippen molar-refractivity contribution >= 4 is 0 Å². The molecule has 1 atom stereocenters. The van der Waals surface area contributed by atoms with Gasteiger partial charge in [-0.15, -0.1) is 0 Å². The zero-order chi connectivity index (χ0) is 8.02. The molecule has 2 nitrogen and oxygen atoms in total. The lowest BCUT2D eigenvalue weighted by Crippen LogP contribution is -2.65. The molecule has 0 radical (unpaired) electrons. The summed E-state index contributed by atoms with van der Waals surface area (Å²) in [6.45, 7) is 3.98. The molecule has 3 rings (SSSR count). The molecule has 0 unspecified atom stereocenters. The monoisotopic (exact) mass is 166 g/mol. The standard InChI is InChI=1S/C10H18N2/c1-3-9-7-11-10(4-2-5-10)8-12(9)6-1/h9,11H,1-8H2/t9-/m1/s1. The van der Waals surface area contributed by atoms with Crippen LogP contribution in [0.15, 0.2) is 0 Å². The number of rotatable bonds is 0. The third-order valence-electron chi connectivity index (χ3n) is 4.03. The summed E-state index contributed by atoms with van der Waals surface area (Å²) in [4.78, 5) is 2.72. The highest BCUT2D eigenvalue weighted by molar-refractivity contribution is 5.04. The summed E-state index contributed by atoms with van der Waals surface area (Å²) < 4.78 is 0. The van der Waals surface area contributed by atoms with Crippen LogP contribution in [-0.4, -0.2) is 36.1 Å². The summed E-state index contributed by atoms with van der Waals surface area (Å²) in [5.74, 6) is 0. The second kappa shape index (κ2) is 2.46. The maximum Gasteiger partial charge on any atom is 0.0309 e. The van der Waals surface area contributed by atoms with Gasteiger partial charge in [0.15, 0.2) is 0 Å². The van der Waals surface area contributed by atoms with Crippen molar-refractivity contribution in [1.29, 1.82) is 0 Å². The van der Waals surface area contributed by atoms with Crippen LogP contribution < -0.4 is 5.32 Å². The summed E-state index contributed by atoms with van der Waals surface area (Å²) >= 11 is 0. The largest absolute Gasteiger partial charge is 0.308 e. The predicted molar refractivity (Wildman–Crippen MR) is 49.2 cm³/mol. The first-order valence-electron chi connectivity index (χ1n) is 5.37. The van der Waals surface area contributed by atoms with Gasteiger partial charge in [0.2, 0.25) is 0 Å². The lowest BCUT2D eigenvalue weighted by Gasteiger charge is -2.51. The third kappa shape index (κ3) is 0.944. The Bertz CT molecular complexity index is 186. The number of hydrogen-bond acceptors (Lipinski definition) is 2. The van der Waals surface area contributed by atoms with E-state index in [9.17, 15) is 0 Å². The topological polar surface area (TPSA) is 15.3 Å². The van der Waals surface area contributed by atoms with Crippen LogP contribution >= 0.6 is 0 Å². The molecule has 1 N–H and O–H groups in total. The Balaban J connectivity index is 1.72. The molecule has 2 heteroatoms. The van der Waals surface area contributed by atoms with Gasteiger partial charge in [0, 0.05) is 24.7 Å². The van der Waals surface area contributed by atoms with Crippen LogP contribution in [0.2, 0.25) is 0 Å². The van der Waals surface area contributed by atoms with Crippen LogP contribution in [0.3, 0.4) is 0 Å². The van der Waals surface area contributed by atoms with Crippen molar-refractivity contribution in [3.05, 3.63) is 0 Å². The summed E-state index contributed by atoms with van der Waals surface area (Å²) in [6.07, 6.45) is 7.17. The van der Waals surface area contributed by atoms with Crippen molar-refractivity contribution in [1.82, 2.24) is 10.2 Å². The van der Waals surface area contributed by atoms with Gasteiger partial charge in [0.25, 0.3) is 0 Å². The van der Waals surface area contributed by atoms with E-state index in [0.717, 1.165) is 6.04 Å². The molecule has 2 saturated heterocycles. The third-order valence-corrected chi connectivity index (χ3v) is 4.03. The summed E-state index contributed by atoms with van der Waals surface area (Å²) in [5.41, 5.74) is 0.570. The van der Waals surface area contributed by atoms with Crippen molar-refractivity contribution in [2.45, 2.75) is 43.7 Å². The van der Waals surface area contributed by atoms with Crippen LogP contribution in [0.5, 0.6) is 0 Å². The Morgan fingerprint density at radius 2 is 2.17 bits per heavy atom. The fourth-order valence-corrected chi connectivity index (χ4v) is 3.05. The second-order valence-electron chi connectivity index (χ2n) is 4.78. The molecule has 2 heterocycles. The molecule has 0 aromatic rings. The fraction of sp³-hybridized carbons (Fsp3) is 1.00. The Hall–Kier alpha value is -0.0800. The first-order valence-corrected chi connectivity index (χ1v) is 5.37. The number of nitrogens with one attached hydrogen (secondary N) is 1. The summed E-state index contributed by atoms with van der Waals surface area (Å²) in [5, 5.41) is 3.76. The molecule has 0 bridgehead atoms. The lowest BCUT2D eigenvalue weighted by atomic mass is 9.75. The second-order valence-corrected chi connectivity index (χ2v) is 4.78. The minimum Gasteiger partial charge on any atom is -0.308 e. The van der Waals surface area contributed by atoms with Crippen LogP contribution in [0.4, 0.5) is 0 Å². The molecular weight excluding hydrogens is 148 g/mol. The van der Waals surface area contributed by atoms with Crippen molar-refractivity contribution < 1.29 is 0 Å². The van der Waals surface area contributed by atoms with Crippen LogP contribution in [0.1, 0.15) is 32.1 Å². The normalized spacial score (nSPS) is 39.5. The molecule has 2 aliphatic heterocycles. The highest BCUT2D eigenvalue weighted by Gasteiger charge is 2.44. The van der Waals surface area contributed by atoms with E-state index < -0.39 is 0 Å². The van der Waals surface area contributed by atoms with E-state index >= 15 is 0 Å². The average molecular weight is 166 g/mol. The maximum atomic E-state index is 3.76. The van der Waals surface area contributed by atoms with Gasteiger partial charge in [0.1, 0.15) is 0 Å². The van der Waals surface area contributed by atoms with E-state index in [1.807, 2.05) is 0 Å². The number of nitrogens with zero attached hydrogens (tertiary/aromatic N) is 1. The van der Waals surface area contributed by atoms with Gasteiger partial charge in [0.05, 0.1) is 0 Å². The molecule has 0 amide bonds. The molecular formula is C10H18N2. The smallest absolute Gasteiger partial charge is 0.0309 e. The van der Waals surface area contributed by atoms with Gasteiger partial charge >= 0.3 is 0 Å². The first-order chi connectivity index (χ1) is 5.88. The Kier molecular flexibility index (Phi) is 1.50. The quantitative estimate of drug-likeness (QED) is 0.577. The van der Waals surface area contributed by atoms with Crippen molar-refractivity contribution in [2.75, 3.05) is 19.6 Å². The van der Waals surface area contributed by atoms with Gasteiger partial charge in [-0.25, -0.2) is 0 Å². The molecule has 1 aliphatic carbocycles. The Morgan fingerprint density at radius 3 is 2.92 bits per heavy atom. The van der Waals surface area contributed by atoms with Gasteiger partial charge in [-0.05, 0) is 38.6 Å². The fourth-order valence-electron chi connectivity index (χ4n) is 3.05. The van der Waals surface area contributed by atoms with Crippen LogP contribution in [0.25, 0.3) is 0 Å². The first kappa shape index (κ1) is 7.34. The Morgan fingerprint density at radius 1 is 1.25 bits per heavy atom. The van der Waals surface area contributed by atoms with E-state index in [4.69, 9.17) is 0 Å². The van der Waals surface area contributed by atoms with E-state index in [-0.39, 0.29) is 0 Å². The maximum absolute atomic E-state index is 3.76. The molecule has 12 heavy (non-hydrogen) atoms. The minimum atomic E-state index is 0.570. The molecule has 3 aliphatic rings. The zero-order valence-electron chi connectivity index (χ0n) is 7.68. The van der Waals surface area contributed by atoms with Gasteiger partial charge in [-0.3, -0.25) is 4.90 Å². The van der Waals surface area contributed by atoms with Crippen LogP contribution in [0, 0.1) is 0 Å². The Labute approximate surface area is 74.3 Å². The highest BCUT2D eigenvalue weighted by atomic mass is 15.3. The van der Waals surface area contributed by atoms with Gasteiger partial charge < -0.3 is 5.32 Å². The summed E-state index contributed by atoms with van der Waals surface area (Å²) in [7, 11) is 0. The SMILES string of the molecule is C1C[C@@H]2CNC3(CCC3)CN2C1. The minimum absolute atomic E-state index is 0.570. The van der Waals surface area contributed by atoms with E-state index in [2.05, 4.69) is 10.2 Å². The number of fused-ring (bicyclic) bond motifs is 1. The number of piperazine rings is 1. The lowest BCUT2D eigenvalue weighted by molar-refractivity contribution is 0.0552. The predicted octanol–water partition coefficient (Wildman–Crippen LogP) is 0.977. The van der Waals surface area contributed by atoms with Crippen LogP contribution in [-0.2, 0) is 0 Å². The van der Waals surface area contributed by atoms with Crippen molar-refractivity contribution in [2.24, 2.45) is 0 Å². The van der Waals surface area contributed by atoms with E-state index in [0.29, 0.717) is 5.54 Å². The molecule has 0 aromatic carbocycles. The molecule has 0 aromatic heterocycles. The van der Waals surface area contributed by atoms with E-state index in [1.54, 1.807) is 0 Å². The van der Waals surface area contributed by atoms with Gasteiger partial charge in [-0.2, -0.15) is 0 Å². The van der Waals surface area contributed by atoms with Crippen molar-refractivity contribution in [3.8, 4) is 0 Å². The average Bonchev–Trinajstić information content (AvgIpc) is 2.46. The van der Waals surface area contributed by atoms with Gasteiger partial charge in [-0.1, -0.05) is 0 Å². The molecule has 1 spiro atoms. The molecule has 1 saturated carbocycles. The summed E-state index contributed by atoms with van der Waals surface area (Å²) in [6, 6.07) is 0.885. The molecule has 68 valence electrons. The highest BCUT2D eigenvalue weighted by Crippen LogP contribution is 2.37. The number of hydrogen-bond donors (Lipinski definition) is 1. The van der Waals surface area contributed by atoms with Crippen molar-refractivity contribution in [3.63, 3.8) is 0 Å². The zero-order valence-corrected chi connectivity index (χ0v) is 7.68. The van der Waals surface area contributed by atoms with E-state index in [1.165, 1.54) is 51.7 Å².